The van der Waals surface area contributed by atoms with Crippen LogP contribution in [-0.4, -0.2) is 21.3 Å². The van der Waals surface area contributed by atoms with E-state index >= 15 is 0 Å². The minimum Gasteiger partial charge on any atom is -0.496 e. The highest BCUT2D eigenvalue weighted by atomic mass is 16.5. The number of rotatable bonds is 4. The van der Waals surface area contributed by atoms with Crippen molar-refractivity contribution < 1.29 is 9.47 Å². The molecule has 0 aliphatic carbocycles. The molecule has 0 saturated carbocycles. The molecular formula is C11H17NO2. The first-order valence-corrected chi connectivity index (χ1v) is 4.59. The van der Waals surface area contributed by atoms with Crippen LogP contribution in [0, 0.1) is 6.92 Å². The summed E-state index contributed by atoms with van der Waals surface area (Å²) in [5.74, 6) is 1.76. The summed E-state index contributed by atoms with van der Waals surface area (Å²) >= 11 is 0. The highest BCUT2D eigenvalue weighted by Crippen LogP contribution is 2.31. The Bertz CT molecular complexity index is 310. The van der Waals surface area contributed by atoms with E-state index in [2.05, 4.69) is 5.32 Å². The van der Waals surface area contributed by atoms with Gasteiger partial charge in [-0.3, -0.25) is 0 Å². The van der Waals surface area contributed by atoms with E-state index in [-0.39, 0.29) is 0 Å². The Labute approximate surface area is 85.0 Å². The van der Waals surface area contributed by atoms with Gasteiger partial charge in [-0.2, -0.15) is 0 Å². The maximum Gasteiger partial charge on any atom is 0.129 e. The van der Waals surface area contributed by atoms with E-state index in [4.69, 9.17) is 9.47 Å². The lowest BCUT2D eigenvalue weighted by atomic mass is 10.1. The first-order chi connectivity index (χ1) is 6.74. The summed E-state index contributed by atoms with van der Waals surface area (Å²) in [6.07, 6.45) is 0. The van der Waals surface area contributed by atoms with Crippen LogP contribution in [0.4, 0.5) is 0 Å². The largest absolute Gasteiger partial charge is 0.496 e. The third-order valence-electron chi connectivity index (χ3n) is 2.19. The Balaban J connectivity index is 3.21. The van der Waals surface area contributed by atoms with Crippen LogP contribution in [-0.2, 0) is 6.54 Å². The molecule has 0 unspecified atom stereocenters. The second-order valence-corrected chi connectivity index (χ2v) is 3.13. The molecule has 0 bridgehead atoms. The first kappa shape index (κ1) is 10.9. The molecule has 0 aliphatic rings. The zero-order chi connectivity index (χ0) is 10.6. The zero-order valence-electron chi connectivity index (χ0n) is 9.18. The monoisotopic (exact) mass is 195 g/mol. The maximum atomic E-state index is 5.35. The first-order valence-electron chi connectivity index (χ1n) is 4.59. The topological polar surface area (TPSA) is 30.5 Å². The van der Waals surface area contributed by atoms with Crippen molar-refractivity contribution in [2.24, 2.45) is 0 Å². The molecule has 1 aromatic rings. The molecule has 1 aromatic carbocycles. The van der Waals surface area contributed by atoms with Crippen molar-refractivity contribution in [3.8, 4) is 11.5 Å². The van der Waals surface area contributed by atoms with Gasteiger partial charge in [0.05, 0.1) is 19.8 Å². The normalized spacial score (nSPS) is 10.0. The molecule has 0 saturated heterocycles. The molecule has 78 valence electrons. The highest BCUT2D eigenvalue weighted by molar-refractivity contribution is 5.49. The number of benzene rings is 1. The van der Waals surface area contributed by atoms with Crippen LogP contribution in [0.15, 0.2) is 12.1 Å². The lowest BCUT2D eigenvalue weighted by Gasteiger charge is -2.14. The van der Waals surface area contributed by atoms with E-state index in [0.29, 0.717) is 0 Å². The summed E-state index contributed by atoms with van der Waals surface area (Å²) in [7, 11) is 5.26. The molecule has 3 heteroatoms. The van der Waals surface area contributed by atoms with Crippen LogP contribution in [0.3, 0.4) is 0 Å². The summed E-state index contributed by atoms with van der Waals surface area (Å²) < 4.78 is 10.6. The Hall–Kier alpha value is -1.22. The lowest BCUT2D eigenvalue weighted by molar-refractivity contribution is 0.381. The molecule has 0 fully saturated rings. The van der Waals surface area contributed by atoms with Crippen LogP contribution in [0.5, 0.6) is 11.5 Å². The molecule has 0 radical (unpaired) electrons. The predicted octanol–water partition coefficient (Wildman–Crippen LogP) is 1.73. The lowest BCUT2D eigenvalue weighted by Crippen LogP contribution is -2.09. The van der Waals surface area contributed by atoms with Gasteiger partial charge in [-0.05, 0) is 25.6 Å². The van der Waals surface area contributed by atoms with Gasteiger partial charge in [-0.25, -0.2) is 0 Å². The molecule has 1 rings (SSSR count). The van der Waals surface area contributed by atoms with E-state index in [9.17, 15) is 0 Å². The fourth-order valence-corrected chi connectivity index (χ4v) is 1.55. The third kappa shape index (κ3) is 1.99. The molecule has 0 heterocycles. The highest BCUT2D eigenvalue weighted by Gasteiger charge is 2.11. The molecule has 14 heavy (non-hydrogen) atoms. The Morgan fingerprint density at radius 3 is 2.43 bits per heavy atom. The van der Waals surface area contributed by atoms with Crippen molar-refractivity contribution in [3.63, 3.8) is 0 Å². The predicted molar refractivity (Wildman–Crippen MR) is 57.0 cm³/mol. The van der Waals surface area contributed by atoms with Gasteiger partial charge in [-0.15, -0.1) is 0 Å². The van der Waals surface area contributed by atoms with Crippen LogP contribution >= 0.6 is 0 Å². The summed E-state index contributed by atoms with van der Waals surface area (Å²) in [6.45, 7) is 2.77. The summed E-state index contributed by atoms with van der Waals surface area (Å²) in [5, 5.41) is 3.10. The van der Waals surface area contributed by atoms with Gasteiger partial charge in [0.1, 0.15) is 11.5 Å². The standard InChI is InChI=1S/C11H17NO2/c1-8-5-6-10(13-3)9(7-12-2)11(8)14-4/h5-6,12H,7H2,1-4H3. The summed E-state index contributed by atoms with van der Waals surface area (Å²) in [4.78, 5) is 0. The zero-order valence-corrected chi connectivity index (χ0v) is 9.18. The summed E-state index contributed by atoms with van der Waals surface area (Å²) in [6, 6.07) is 3.96. The number of methoxy groups -OCH3 is 2. The van der Waals surface area contributed by atoms with Crippen molar-refractivity contribution in [2.45, 2.75) is 13.5 Å². The van der Waals surface area contributed by atoms with E-state index in [1.165, 1.54) is 0 Å². The van der Waals surface area contributed by atoms with Gasteiger partial charge in [0.25, 0.3) is 0 Å². The van der Waals surface area contributed by atoms with Gasteiger partial charge in [0, 0.05) is 6.54 Å². The van der Waals surface area contributed by atoms with Crippen LogP contribution < -0.4 is 14.8 Å². The van der Waals surface area contributed by atoms with E-state index < -0.39 is 0 Å². The van der Waals surface area contributed by atoms with E-state index in [1.807, 2.05) is 26.1 Å². The van der Waals surface area contributed by atoms with Crippen LogP contribution in [0.1, 0.15) is 11.1 Å². The van der Waals surface area contributed by atoms with Gasteiger partial charge < -0.3 is 14.8 Å². The van der Waals surface area contributed by atoms with Gasteiger partial charge in [-0.1, -0.05) is 6.07 Å². The van der Waals surface area contributed by atoms with Crippen molar-refractivity contribution in [3.05, 3.63) is 23.3 Å². The number of hydrogen-bond acceptors (Lipinski definition) is 3. The minimum atomic E-state index is 0.744. The Morgan fingerprint density at radius 1 is 1.21 bits per heavy atom. The smallest absolute Gasteiger partial charge is 0.129 e. The molecule has 0 aliphatic heterocycles. The molecule has 0 atom stereocenters. The Kier molecular flexibility index (Phi) is 3.77. The second kappa shape index (κ2) is 4.86. The Morgan fingerprint density at radius 2 is 1.93 bits per heavy atom. The second-order valence-electron chi connectivity index (χ2n) is 3.13. The van der Waals surface area contributed by atoms with Crippen molar-refractivity contribution in [2.75, 3.05) is 21.3 Å². The fraction of sp³-hybridized carbons (Fsp3) is 0.455. The fourth-order valence-electron chi connectivity index (χ4n) is 1.55. The summed E-state index contributed by atoms with van der Waals surface area (Å²) in [5.41, 5.74) is 2.19. The quantitative estimate of drug-likeness (QED) is 0.793. The molecule has 0 amide bonds. The van der Waals surface area contributed by atoms with Crippen molar-refractivity contribution in [1.82, 2.24) is 5.32 Å². The SMILES string of the molecule is CNCc1c(OC)ccc(C)c1OC. The van der Waals surface area contributed by atoms with E-state index in [1.54, 1.807) is 14.2 Å². The van der Waals surface area contributed by atoms with Gasteiger partial charge in [0.15, 0.2) is 0 Å². The van der Waals surface area contributed by atoms with E-state index in [0.717, 1.165) is 29.2 Å². The third-order valence-corrected chi connectivity index (χ3v) is 2.19. The van der Waals surface area contributed by atoms with Crippen LogP contribution in [0.25, 0.3) is 0 Å². The number of ether oxygens (including phenoxy) is 2. The van der Waals surface area contributed by atoms with Gasteiger partial charge in [0.2, 0.25) is 0 Å². The van der Waals surface area contributed by atoms with Crippen LogP contribution in [0.2, 0.25) is 0 Å². The average Bonchev–Trinajstić information content (AvgIpc) is 2.19. The minimum absolute atomic E-state index is 0.744. The van der Waals surface area contributed by atoms with Gasteiger partial charge >= 0.3 is 0 Å². The molecular weight excluding hydrogens is 178 g/mol. The number of nitrogens with one attached hydrogen (secondary N) is 1. The molecule has 0 aromatic heterocycles. The number of hydrogen-bond donors (Lipinski definition) is 1. The van der Waals surface area contributed by atoms with Crippen molar-refractivity contribution >= 4 is 0 Å². The van der Waals surface area contributed by atoms with Crippen molar-refractivity contribution in [1.29, 1.82) is 0 Å². The maximum absolute atomic E-state index is 5.35. The number of aryl methyl sites for hydroxylation is 1. The molecule has 3 nitrogen and oxygen atoms in total. The average molecular weight is 195 g/mol. The molecule has 1 N–H and O–H groups in total. The molecule has 0 spiro atoms.